The molecule has 0 aromatic heterocycles. The van der Waals surface area contributed by atoms with Gasteiger partial charge in [0.25, 0.3) is 15.9 Å². The number of benzene rings is 2. The second kappa shape index (κ2) is 7.45. The number of nitrogens with one attached hydrogen (secondary N) is 2. The number of hydrogen-bond acceptors (Lipinski definition) is 3. The molecule has 0 aliphatic heterocycles. The number of hydrogen-bond donors (Lipinski definition) is 2. The van der Waals surface area contributed by atoms with E-state index < -0.39 is 10.0 Å². The Kier molecular flexibility index (Phi) is 5.75. The largest absolute Gasteiger partial charge is 0.350 e. The van der Waals surface area contributed by atoms with Crippen molar-refractivity contribution in [2.45, 2.75) is 38.6 Å². The van der Waals surface area contributed by atoms with E-state index in [2.05, 4.69) is 10.0 Å². The minimum absolute atomic E-state index is 0.0198. The SMILES string of the molecule is Cc1ccc(S(=O)(=O)Nc2cccc(Cl)c2C)cc1C(=O)NC(C)C. The van der Waals surface area contributed by atoms with Crippen LogP contribution in [0.2, 0.25) is 5.02 Å². The first-order valence-electron chi connectivity index (χ1n) is 7.81. The molecular formula is C18H21ClN2O3S. The van der Waals surface area contributed by atoms with Crippen molar-refractivity contribution in [2.24, 2.45) is 0 Å². The second-order valence-electron chi connectivity index (χ2n) is 6.12. The van der Waals surface area contributed by atoms with Crippen molar-refractivity contribution >= 4 is 33.2 Å². The number of anilines is 1. The monoisotopic (exact) mass is 380 g/mol. The lowest BCUT2D eigenvalue weighted by molar-refractivity contribution is 0.0942. The molecular weight excluding hydrogens is 360 g/mol. The molecule has 134 valence electrons. The summed E-state index contributed by atoms with van der Waals surface area (Å²) in [6, 6.07) is 9.44. The van der Waals surface area contributed by atoms with Gasteiger partial charge in [-0.2, -0.15) is 0 Å². The number of carbonyl (C=O) groups excluding carboxylic acids is 1. The molecule has 0 radical (unpaired) electrons. The van der Waals surface area contributed by atoms with E-state index in [0.717, 1.165) is 0 Å². The summed E-state index contributed by atoms with van der Waals surface area (Å²) in [7, 11) is -3.84. The molecule has 1 amide bonds. The molecule has 5 nitrogen and oxygen atoms in total. The number of sulfonamides is 1. The van der Waals surface area contributed by atoms with E-state index in [0.29, 0.717) is 27.4 Å². The van der Waals surface area contributed by atoms with Gasteiger partial charge in [-0.1, -0.05) is 23.7 Å². The Labute approximate surface area is 153 Å². The normalized spacial score (nSPS) is 11.4. The molecule has 2 rings (SSSR count). The summed E-state index contributed by atoms with van der Waals surface area (Å²) < 4.78 is 27.9. The van der Waals surface area contributed by atoms with Crippen LogP contribution in [0.15, 0.2) is 41.3 Å². The van der Waals surface area contributed by atoms with Gasteiger partial charge in [0.05, 0.1) is 10.6 Å². The summed E-state index contributed by atoms with van der Waals surface area (Å²) in [5, 5.41) is 3.25. The Balaban J connectivity index is 2.40. The second-order valence-corrected chi connectivity index (χ2v) is 8.21. The molecule has 0 bridgehead atoms. The predicted octanol–water partition coefficient (Wildman–Crippen LogP) is 3.90. The number of rotatable bonds is 5. The van der Waals surface area contributed by atoms with Gasteiger partial charge in [-0.25, -0.2) is 8.42 Å². The first-order chi connectivity index (χ1) is 11.6. The highest BCUT2D eigenvalue weighted by Gasteiger charge is 2.19. The molecule has 2 aromatic carbocycles. The van der Waals surface area contributed by atoms with Crippen molar-refractivity contribution in [3.05, 3.63) is 58.1 Å². The fourth-order valence-corrected chi connectivity index (χ4v) is 3.60. The Bertz CT molecular complexity index is 909. The van der Waals surface area contributed by atoms with E-state index >= 15 is 0 Å². The van der Waals surface area contributed by atoms with Crippen LogP contribution in [-0.2, 0) is 10.0 Å². The molecule has 0 atom stereocenters. The van der Waals surface area contributed by atoms with Crippen LogP contribution in [0.1, 0.15) is 35.3 Å². The van der Waals surface area contributed by atoms with Crippen molar-refractivity contribution in [3.63, 3.8) is 0 Å². The van der Waals surface area contributed by atoms with Crippen molar-refractivity contribution in [1.82, 2.24) is 5.32 Å². The van der Waals surface area contributed by atoms with Gasteiger partial charge in [-0.3, -0.25) is 9.52 Å². The maximum atomic E-state index is 12.7. The predicted molar refractivity (Wildman–Crippen MR) is 101 cm³/mol. The lowest BCUT2D eigenvalue weighted by Gasteiger charge is -2.14. The van der Waals surface area contributed by atoms with Gasteiger partial charge in [-0.15, -0.1) is 0 Å². The quantitative estimate of drug-likeness (QED) is 0.826. The van der Waals surface area contributed by atoms with Gasteiger partial charge in [0.2, 0.25) is 0 Å². The van der Waals surface area contributed by atoms with Crippen LogP contribution in [0.25, 0.3) is 0 Å². The molecule has 2 aromatic rings. The van der Waals surface area contributed by atoms with Gasteiger partial charge in [0, 0.05) is 16.6 Å². The molecule has 0 spiro atoms. The first kappa shape index (κ1) is 19.3. The van der Waals surface area contributed by atoms with Gasteiger partial charge in [0.15, 0.2) is 0 Å². The molecule has 2 N–H and O–H groups in total. The molecule has 0 saturated heterocycles. The minimum Gasteiger partial charge on any atom is -0.350 e. The van der Waals surface area contributed by atoms with Gasteiger partial charge >= 0.3 is 0 Å². The van der Waals surface area contributed by atoms with E-state index in [1.807, 2.05) is 13.8 Å². The van der Waals surface area contributed by atoms with Crippen molar-refractivity contribution < 1.29 is 13.2 Å². The van der Waals surface area contributed by atoms with Crippen LogP contribution < -0.4 is 10.0 Å². The lowest BCUT2D eigenvalue weighted by Crippen LogP contribution is -2.30. The van der Waals surface area contributed by atoms with E-state index in [4.69, 9.17) is 11.6 Å². The van der Waals surface area contributed by atoms with Crippen LogP contribution in [0.3, 0.4) is 0 Å². The van der Waals surface area contributed by atoms with Crippen LogP contribution >= 0.6 is 11.6 Å². The van der Waals surface area contributed by atoms with E-state index in [9.17, 15) is 13.2 Å². The molecule has 0 saturated carbocycles. The lowest BCUT2D eigenvalue weighted by atomic mass is 10.1. The zero-order valence-corrected chi connectivity index (χ0v) is 16.1. The van der Waals surface area contributed by atoms with Crippen molar-refractivity contribution in [1.29, 1.82) is 0 Å². The molecule has 0 fully saturated rings. The average molecular weight is 381 g/mol. The van der Waals surface area contributed by atoms with Crippen LogP contribution in [-0.4, -0.2) is 20.4 Å². The van der Waals surface area contributed by atoms with Gasteiger partial charge < -0.3 is 5.32 Å². The Morgan fingerprint density at radius 2 is 1.80 bits per heavy atom. The molecule has 0 heterocycles. The Morgan fingerprint density at radius 1 is 1.12 bits per heavy atom. The van der Waals surface area contributed by atoms with Crippen molar-refractivity contribution in [3.8, 4) is 0 Å². The number of carbonyl (C=O) groups is 1. The van der Waals surface area contributed by atoms with E-state index in [1.165, 1.54) is 12.1 Å². The zero-order valence-electron chi connectivity index (χ0n) is 14.6. The minimum atomic E-state index is -3.84. The number of aryl methyl sites for hydroxylation is 1. The average Bonchev–Trinajstić information content (AvgIpc) is 2.51. The summed E-state index contributed by atoms with van der Waals surface area (Å²) in [6.45, 7) is 7.19. The van der Waals surface area contributed by atoms with E-state index in [1.54, 1.807) is 38.1 Å². The third-order valence-electron chi connectivity index (χ3n) is 3.70. The van der Waals surface area contributed by atoms with Crippen LogP contribution in [0, 0.1) is 13.8 Å². The highest BCUT2D eigenvalue weighted by Crippen LogP contribution is 2.26. The van der Waals surface area contributed by atoms with Gasteiger partial charge in [0.1, 0.15) is 0 Å². The maximum absolute atomic E-state index is 12.7. The summed E-state index contributed by atoms with van der Waals surface area (Å²) in [5.74, 6) is -0.302. The highest BCUT2D eigenvalue weighted by molar-refractivity contribution is 7.92. The molecule has 0 unspecified atom stereocenters. The van der Waals surface area contributed by atoms with Crippen molar-refractivity contribution in [2.75, 3.05) is 4.72 Å². The Hall–Kier alpha value is -2.05. The molecule has 0 aliphatic carbocycles. The van der Waals surface area contributed by atoms with E-state index in [-0.39, 0.29) is 16.8 Å². The fraction of sp³-hybridized carbons (Fsp3) is 0.278. The zero-order chi connectivity index (χ0) is 18.8. The number of halogens is 1. The van der Waals surface area contributed by atoms with Crippen LogP contribution in [0.4, 0.5) is 5.69 Å². The maximum Gasteiger partial charge on any atom is 0.261 e. The highest BCUT2D eigenvalue weighted by atomic mass is 35.5. The summed E-state index contributed by atoms with van der Waals surface area (Å²) >= 11 is 6.04. The third-order valence-corrected chi connectivity index (χ3v) is 5.47. The fourth-order valence-electron chi connectivity index (χ4n) is 2.27. The molecule has 7 heteroatoms. The smallest absolute Gasteiger partial charge is 0.261 e. The first-order valence-corrected chi connectivity index (χ1v) is 9.67. The summed E-state index contributed by atoms with van der Waals surface area (Å²) in [4.78, 5) is 12.3. The van der Waals surface area contributed by atoms with Crippen LogP contribution in [0.5, 0.6) is 0 Å². The van der Waals surface area contributed by atoms with Gasteiger partial charge in [-0.05, 0) is 63.1 Å². The molecule has 25 heavy (non-hydrogen) atoms. The topological polar surface area (TPSA) is 75.3 Å². The summed E-state index contributed by atoms with van der Waals surface area (Å²) in [6.07, 6.45) is 0. The Morgan fingerprint density at radius 3 is 2.44 bits per heavy atom. The number of amides is 1. The third kappa shape index (κ3) is 4.52. The molecule has 0 aliphatic rings. The summed E-state index contributed by atoms with van der Waals surface area (Å²) in [5.41, 5.74) is 2.08. The standard InChI is InChI=1S/C18H21ClN2O3S/c1-11(2)20-18(22)15-10-14(9-8-12(15)3)25(23,24)21-17-7-5-6-16(19)13(17)4/h5-11,21H,1-4H3,(H,20,22).